The molecule has 3 nitrogen and oxygen atoms in total. The zero-order valence-electron chi connectivity index (χ0n) is 14.4. The fourth-order valence-corrected chi connectivity index (χ4v) is 3.38. The Hall–Kier alpha value is -2.27. The SMILES string of the molecule is COCC1(c2ccccc2)CN(C(=O)Cc2cc(F)c(C)cc2F)C1. The standard InChI is InChI=1S/C20H21F2NO2/c1-14-8-18(22)15(9-17(14)21)10-19(24)23-11-20(12-23,13-25-2)16-6-4-3-5-7-16/h3-9H,10-13H2,1-2H3. The molecule has 1 amide bonds. The fraction of sp³-hybridized carbons (Fsp3) is 0.350. The van der Waals surface area contributed by atoms with E-state index in [1.54, 1.807) is 12.0 Å². The van der Waals surface area contributed by atoms with E-state index in [4.69, 9.17) is 4.74 Å². The van der Waals surface area contributed by atoms with E-state index in [1.807, 2.05) is 30.3 Å². The molecule has 0 N–H and O–H groups in total. The average Bonchev–Trinajstić information content (AvgIpc) is 2.56. The van der Waals surface area contributed by atoms with Crippen molar-refractivity contribution in [1.29, 1.82) is 0 Å². The average molecular weight is 345 g/mol. The van der Waals surface area contributed by atoms with Gasteiger partial charge in [0.05, 0.1) is 18.4 Å². The number of nitrogens with zero attached hydrogens (tertiary/aromatic N) is 1. The second-order valence-electron chi connectivity index (χ2n) is 6.70. The summed E-state index contributed by atoms with van der Waals surface area (Å²) >= 11 is 0. The summed E-state index contributed by atoms with van der Waals surface area (Å²) in [7, 11) is 1.64. The topological polar surface area (TPSA) is 29.5 Å². The smallest absolute Gasteiger partial charge is 0.227 e. The lowest BCUT2D eigenvalue weighted by Gasteiger charge is -2.50. The van der Waals surface area contributed by atoms with Gasteiger partial charge in [0.2, 0.25) is 5.91 Å². The van der Waals surface area contributed by atoms with E-state index in [1.165, 1.54) is 6.92 Å². The molecule has 0 aromatic heterocycles. The van der Waals surface area contributed by atoms with Crippen LogP contribution in [0.3, 0.4) is 0 Å². The molecule has 1 aliphatic heterocycles. The number of hydrogen-bond acceptors (Lipinski definition) is 2. The molecule has 0 saturated carbocycles. The summed E-state index contributed by atoms with van der Waals surface area (Å²) in [5.41, 5.74) is 1.22. The summed E-state index contributed by atoms with van der Waals surface area (Å²) in [5.74, 6) is -1.24. The first-order valence-corrected chi connectivity index (χ1v) is 8.22. The third kappa shape index (κ3) is 3.42. The molecule has 1 saturated heterocycles. The highest BCUT2D eigenvalue weighted by Gasteiger charge is 2.46. The first-order chi connectivity index (χ1) is 11.9. The normalized spacial score (nSPS) is 15.8. The highest BCUT2D eigenvalue weighted by atomic mass is 19.1. The third-order valence-corrected chi connectivity index (χ3v) is 4.82. The van der Waals surface area contributed by atoms with Crippen LogP contribution < -0.4 is 0 Å². The number of likely N-dealkylation sites (tertiary alicyclic amines) is 1. The highest BCUT2D eigenvalue weighted by molar-refractivity contribution is 5.80. The van der Waals surface area contributed by atoms with Gasteiger partial charge in [0, 0.05) is 25.8 Å². The van der Waals surface area contributed by atoms with Crippen LogP contribution in [-0.4, -0.2) is 37.6 Å². The van der Waals surface area contributed by atoms with Gasteiger partial charge in [0.25, 0.3) is 0 Å². The van der Waals surface area contributed by atoms with Crippen molar-refractivity contribution in [3.63, 3.8) is 0 Å². The number of aryl methyl sites for hydroxylation is 1. The van der Waals surface area contributed by atoms with Gasteiger partial charge in [-0.05, 0) is 30.2 Å². The summed E-state index contributed by atoms with van der Waals surface area (Å²) in [5, 5.41) is 0. The molecular formula is C20H21F2NO2. The van der Waals surface area contributed by atoms with Gasteiger partial charge >= 0.3 is 0 Å². The predicted octanol–water partition coefficient (Wildman–Crippen LogP) is 3.24. The number of carbonyl (C=O) groups excluding carboxylic acids is 1. The summed E-state index contributed by atoms with van der Waals surface area (Å²) in [6, 6.07) is 12.2. The van der Waals surface area contributed by atoms with Crippen LogP contribution >= 0.6 is 0 Å². The highest BCUT2D eigenvalue weighted by Crippen LogP contribution is 2.35. The monoisotopic (exact) mass is 345 g/mol. The van der Waals surface area contributed by atoms with Gasteiger partial charge in [-0.3, -0.25) is 4.79 Å². The zero-order chi connectivity index (χ0) is 18.0. The number of halogens is 2. The van der Waals surface area contributed by atoms with Gasteiger partial charge in [0.15, 0.2) is 0 Å². The number of carbonyl (C=O) groups is 1. The number of amides is 1. The van der Waals surface area contributed by atoms with Crippen LogP contribution in [0.2, 0.25) is 0 Å². The second-order valence-corrected chi connectivity index (χ2v) is 6.70. The van der Waals surface area contributed by atoms with Crippen LogP contribution in [0.25, 0.3) is 0 Å². The van der Waals surface area contributed by atoms with Crippen molar-refractivity contribution in [2.24, 2.45) is 0 Å². The molecule has 132 valence electrons. The van der Waals surface area contributed by atoms with Crippen LogP contribution in [0, 0.1) is 18.6 Å². The lowest BCUT2D eigenvalue weighted by atomic mass is 9.74. The van der Waals surface area contributed by atoms with E-state index < -0.39 is 11.6 Å². The second kappa shape index (κ2) is 6.92. The Morgan fingerprint density at radius 1 is 1.16 bits per heavy atom. The van der Waals surface area contributed by atoms with Crippen LogP contribution in [-0.2, 0) is 21.4 Å². The summed E-state index contributed by atoms with van der Waals surface area (Å²) in [6.07, 6.45) is -0.138. The van der Waals surface area contributed by atoms with Crippen molar-refractivity contribution in [3.05, 3.63) is 70.8 Å². The Kier molecular flexibility index (Phi) is 4.86. The zero-order valence-corrected chi connectivity index (χ0v) is 14.4. The molecule has 0 aliphatic carbocycles. The Balaban J connectivity index is 1.71. The van der Waals surface area contributed by atoms with Crippen molar-refractivity contribution < 1.29 is 18.3 Å². The quantitative estimate of drug-likeness (QED) is 0.833. The fourth-order valence-electron chi connectivity index (χ4n) is 3.38. The Morgan fingerprint density at radius 3 is 2.48 bits per heavy atom. The molecular weight excluding hydrogens is 324 g/mol. The van der Waals surface area contributed by atoms with Crippen LogP contribution in [0.5, 0.6) is 0 Å². The summed E-state index contributed by atoms with van der Waals surface area (Å²) in [4.78, 5) is 14.1. The van der Waals surface area contributed by atoms with Gasteiger partial charge in [-0.15, -0.1) is 0 Å². The lowest BCUT2D eigenvalue weighted by Crippen LogP contribution is -2.63. The van der Waals surface area contributed by atoms with E-state index in [9.17, 15) is 13.6 Å². The van der Waals surface area contributed by atoms with Crippen molar-refractivity contribution >= 4 is 5.91 Å². The van der Waals surface area contributed by atoms with Crippen molar-refractivity contribution in [2.45, 2.75) is 18.8 Å². The first kappa shape index (κ1) is 17.5. The number of methoxy groups -OCH3 is 1. The number of hydrogen-bond donors (Lipinski definition) is 0. The van der Waals surface area contributed by atoms with Gasteiger partial charge in [-0.25, -0.2) is 8.78 Å². The third-order valence-electron chi connectivity index (χ3n) is 4.82. The minimum absolute atomic E-state index is 0.0945. The maximum atomic E-state index is 14.0. The van der Waals surface area contributed by atoms with Gasteiger partial charge in [-0.2, -0.15) is 0 Å². The van der Waals surface area contributed by atoms with E-state index in [0.29, 0.717) is 19.7 Å². The van der Waals surface area contributed by atoms with Gasteiger partial charge in [0.1, 0.15) is 11.6 Å². The summed E-state index contributed by atoms with van der Waals surface area (Å²) in [6.45, 7) is 3.03. The van der Waals surface area contributed by atoms with E-state index in [2.05, 4.69) is 0 Å². The Morgan fingerprint density at radius 2 is 1.84 bits per heavy atom. The molecule has 0 bridgehead atoms. The Bertz CT molecular complexity index is 771. The molecule has 1 heterocycles. The molecule has 0 atom stereocenters. The van der Waals surface area contributed by atoms with E-state index in [0.717, 1.165) is 17.7 Å². The molecule has 1 aliphatic rings. The number of benzene rings is 2. The molecule has 0 spiro atoms. The van der Waals surface area contributed by atoms with Crippen LogP contribution in [0.15, 0.2) is 42.5 Å². The molecule has 0 radical (unpaired) electrons. The lowest BCUT2D eigenvalue weighted by molar-refractivity contribution is -0.140. The molecule has 3 rings (SSSR count). The molecule has 25 heavy (non-hydrogen) atoms. The largest absolute Gasteiger partial charge is 0.384 e. The number of rotatable bonds is 5. The maximum absolute atomic E-state index is 14.0. The first-order valence-electron chi connectivity index (χ1n) is 8.22. The molecule has 2 aromatic carbocycles. The van der Waals surface area contributed by atoms with Crippen molar-refractivity contribution in [3.8, 4) is 0 Å². The minimum Gasteiger partial charge on any atom is -0.384 e. The molecule has 5 heteroatoms. The summed E-state index contributed by atoms with van der Waals surface area (Å²) < 4.78 is 33.0. The molecule has 0 unspecified atom stereocenters. The van der Waals surface area contributed by atoms with E-state index >= 15 is 0 Å². The molecule has 1 fully saturated rings. The number of ether oxygens (including phenoxy) is 1. The minimum atomic E-state index is -0.543. The van der Waals surface area contributed by atoms with Gasteiger partial charge < -0.3 is 9.64 Å². The maximum Gasteiger partial charge on any atom is 0.227 e. The van der Waals surface area contributed by atoms with Gasteiger partial charge in [-0.1, -0.05) is 30.3 Å². The van der Waals surface area contributed by atoms with E-state index in [-0.39, 0.29) is 28.9 Å². The van der Waals surface area contributed by atoms with Crippen LogP contribution in [0.1, 0.15) is 16.7 Å². The van der Waals surface area contributed by atoms with Crippen molar-refractivity contribution in [2.75, 3.05) is 26.8 Å². The van der Waals surface area contributed by atoms with Crippen LogP contribution in [0.4, 0.5) is 8.78 Å². The predicted molar refractivity (Wildman–Crippen MR) is 91.4 cm³/mol. The molecule has 2 aromatic rings. The Labute approximate surface area is 146 Å². The van der Waals surface area contributed by atoms with Crippen molar-refractivity contribution in [1.82, 2.24) is 4.90 Å².